The van der Waals surface area contributed by atoms with Crippen LogP contribution in [0.4, 0.5) is 11.4 Å². The molecular formula is C16H19N3. The fourth-order valence-corrected chi connectivity index (χ4v) is 2.23. The zero-order valence-electron chi connectivity index (χ0n) is 11.4. The van der Waals surface area contributed by atoms with Gasteiger partial charge >= 0.3 is 0 Å². The molecule has 3 nitrogen and oxygen atoms in total. The molecule has 2 aromatic carbocycles. The molecule has 2 rings (SSSR count). The first-order valence-electron chi connectivity index (χ1n) is 6.41. The van der Waals surface area contributed by atoms with E-state index in [4.69, 9.17) is 11.1 Å². The minimum Gasteiger partial charge on any atom is -0.384 e. The summed E-state index contributed by atoms with van der Waals surface area (Å²) in [6.07, 6.45) is 0. The number of nitrogen functional groups attached to an aromatic ring is 1. The minimum atomic E-state index is 0.109. The predicted molar refractivity (Wildman–Crippen MR) is 81.3 cm³/mol. The molecule has 0 bridgehead atoms. The third kappa shape index (κ3) is 2.76. The molecule has 0 fully saturated rings. The van der Waals surface area contributed by atoms with Crippen molar-refractivity contribution in [2.45, 2.75) is 13.8 Å². The van der Waals surface area contributed by atoms with Crippen LogP contribution >= 0.6 is 0 Å². The van der Waals surface area contributed by atoms with Gasteiger partial charge in [-0.15, -0.1) is 0 Å². The lowest BCUT2D eigenvalue weighted by atomic mass is 10.1. The lowest BCUT2D eigenvalue weighted by Crippen LogP contribution is -2.18. The number of nitrogens with two attached hydrogens (primary N) is 1. The van der Waals surface area contributed by atoms with Crippen LogP contribution in [0, 0.1) is 12.3 Å². The molecule has 3 heteroatoms. The largest absolute Gasteiger partial charge is 0.384 e. The maximum atomic E-state index is 7.48. The SMILES string of the molecule is CCN(c1ccccc1)c1ccc(C(=N)N)cc1C. The van der Waals surface area contributed by atoms with E-state index in [1.54, 1.807) is 0 Å². The van der Waals surface area contributed by atoms with E-state index in [9.17, 15) is 0 Å². The molecule has 0 aliphatic heterocycles. The van der Waals surface area contributed by atoms with Gasteiger partial charge in [0.15, 0.2) is 0 Å². The van der Waals surface area contributed by atoms with Gasteiger partial charge in [0.05, 0.1) is 0 Å². The van der Waals surface area contributed by atoms with Gasteiger partial charge in [-0.1, -0.05) is 18.2 Å². The van der Waals surface area contributed by atoms with Crippen LogP contribution in [0.2, 0.25) is 0 Å². The van der Waals surface area contributed by atoms with E-state index in [1.165, 1.54) is 5.69 Å². The van der Waals surface area contributed by atoms with Crippen molar-refractivity contribution in [3.05, 3.63) is 59.7 Å². The Morgan fingerprint density at radius 2 is 1.84 bits per heavy atom. The first-order valence-corrected chi connectivity index (χ1v) is 6.41. The minimum absolute atomic E-state index is 0.109. The van der Waals surface area contributed by atoms with Gasteiger partial charge in [0.1, 0.15) is 5.84 Å². The fraction of sp³-hybridized carbons (Fsp3) is 0.188. The molecule has 0 amide bonds. The van der Waals surface area contributed by atoms with Crippen molar-refractivity contribution in [3.8, 4) is 0 Å². The molecule has 0 aromatic heterocycles. The Labute approximate surface area is 114 Å². The van der Waals surface area contributed by atoms with Crippen molar-refractivity contribution in [2.75, 3.05) is 11.4 Å². The molecule has 0 unspecified atom stereocenters. The van der Waals surface area contributed by atoms with Crippen molar-refractivity contribution in [1.29, 1.82) is 5.41 Å². The Morgan fingerprint density at radius 1 is 1.16 bits per heavy atom. The molecule has 0 saturated carbocycles. The Balaban J connectivity index is 2.42. The first kappa shape index (κ1) is 13.1. The number of nitrogens with one attached hydrogen (secondary N) is 1. The van der Waals surface area contributed by atoms with Crippen LogP contribution in [-0.2, 0) is 0 Å². The molecule has 19 heavy (non-hydrogen) atoms. The predicted octanol–water partition coefficient (Wildman–Crippen LogP) is 3.44. The zero-order valence-corrected chi connectivity index (χ0v) is 11.4. The van der Waals surface area contributed by atoms with Gasteiger partial charge in [0.2, 0.25) is 0 Å². The summed E-state index contributed by atoms with van der Waals surface area (Å²) in [5.74, 6) is 0.109. The number of benzene rings is 2. The number of aryl methyl sites for hydroxylation is 1. The van der Waals surface area contributed by atoms with Crippen molar-refractivity contribution in [1.82, 2.24) is 0 Å². The van der Waals surface area contributed by atoms with Crippen LogP contribution in [0.3, 0.4) is 0 Å². The highest BCUT2D eigenvalue weighted by atomic mass is 15.1. The summed E-state index contributed by atoms with van der Waals surface area (Å²) >= 11 is 0. The van der Waals surface area contributed by atoms with Crippen LogP contribution in [-0.4, -0.2) is 12.4 Å². The van der Waals surface area contributed by atoms with Gasteiger partial charge in [-0.2, -0.15) is 0 Å². The number of amidine groups is 1. The maximum absolute atomic E-state index is 7.48. The van der Waals surface area contributed by atoms with E-state index in [-0.39, 0.29) is 5.84 Å². The average Bonchev–Trinajstić information content (AvgIpc) is 2.42. The third-order valence-electron chi connectivity index (χ3n) is 3.18. The molecule has 2 aromatic rings. The second kappa shape index (κ2) is 5.57. The fourth-order valence-electron chi connectivity index (χ4n) is 2.23. The standard InChI is InChI=1S/C16H19N3/c1-3-19(14-7-5-4-6-8-14)15-10-9-13(16(17)18)11-12(15)2/h4-11H,3H2,1-2H3,(H3,17,18). The lowest BCUT2D eigenvalue weighted by Gasteiger charge is -2.25. The number of para-hydroxylation sites is 1. The summed E-state index contributed by atoms with van der Waals surface area (Å²) < 4.78 is 0. The van der Waals surface area contributed by atoms with Crippen molar-refractivity contribution >= 4 is 17.2 Å². The molecule has 0 heterocycles. The normalized spacial score (nSPS) is 10.2. The Morgan fingerprint density at radius 3 is 2.37 bits per heavy atom. The summed E-state index contributed by atoms with van der Waals surface area (Å²) in [4.78, 5) is 2.25. The van der Waals surface area contributed by atoms with Crippen molar-refractivity contribution in [2.24, 2.45) is 5.73 Å². The topological polar surface area (TPSA) is 53.1 Å². The lowest BCUT2D eigenvalue weighted by molar-refractivity contribution is 1.02. The number of hydrogen-bond donors (Lipinski definition) is 2. The molecule has 0 aliphatic rings. The van der Waals surface area contributed by atoms with E-state index in [0.717, 1.165) is 23.4 Å². The van der Waals surface area contributed by atoms with Crippen LogP contribution in [0.15, 0.2) is 48.5 Å². The second-order valence-electron chi connectivity index (χ2n) is 4.49. The van der Waals surface area contributed by atoms with Gasteiger partial charge in [0, 0.05) is 23.5 Å². The van der Waals surface area contributed by atoms with E-state index < -0.39 is 0 Å². The maximum Gasteiger partial charge on any atom is 0.122 e. The van der Waals surface area contributed by atoms with E-state index in [2.05, 4.69) is 24.0 Å². The third-order valence-corrected chi connectivity index (χ3v) is 3.18. The summed E-state index contributed by atoms with van der Waals surface area (Å²) in [6, 6.07) is 16.2. The van der Waals surface area contributed by atoms with E-state index in [1.807, 2.05) is 43.3 Å². The number of hydrogen-bond acceptors (Lipinski definition) is 2. The van der Waals surface area contributed by atoms with Gasteiger partial charge in [-0.05, 0) is 49.7 Å². The Hall–Kier alpha value is -2.29. The number of rotatable bonds is 4. The van der Waals surface area contributed by atoms with E-state index in [0.29, 0.717) is 0 Å². The van der Waals surface area contributed by atoms with Crippen molar-refractivity contribution in [3.63, 3.8) is 0 Å². The summed E-state index contributed by atoms with van der Waals surface area (Å²) in [6.45, 7) is 5.07. The van der Waals surface area contributed by atoms with Gasteiger partial charge in [-0.25, -0.2) is 0 Å². The molecule has 0 atom stereocenters. The average molecular weight is 253 g/mol. The monoisotopic (exact) mass is 253 g/mol. The summed E-state index contributed by atoms with van der Waals surface area (Å²) in [7, 11) is 0. The first-order chi connectivity index (χ1) is 9.13. The molecular weight excluding hydrogens is 234 g/mol. The van der Waals surface area contributed by atoms with Crippen LogP contribution in [0.1, 0.15) is 18.1 Å². The van der Waals surface area contributed by atoms with Crippen molar-refractivity contribution < 1.29 is 0 Å². The second-order valence-corrected chi connectivity index (χ2v) is 4.49. The molecule has 0 aliphatic carbocycles. The Bertz CT molecular complexity index is 576. The zero-order chi connectivity index (χ0) is 13.8. The van der Waals surface area contributed by atoms with Crippen LogP contribution in [0.25, 0.3) is 0 Å². The molecule has 0 spiro atoms. The molecule has 0 radical (unpaired) electrons. The number of nitrogens with zero attached hydrogens (tertiary/aromatic N) is 1. The van der Waals surface area contributed by atoms with E-state index >= 15 is 0 Å². The van der Waals surface area contributed by atoms with Gasteiger partial charge in [-0.3, -0.25) is 5.41 Å². The summed E-state index contributed by atoms with van der Waals surface area (Å²) in [5.41, 5.74) is 9.74. The van der Waals surface area contributed by atoms with Crippen LogP contribution in [0.5, 0.6) is 0 Å². The van der Waals surface area contributed by atoms with Gasteiger partial charge < -0.3 is 10.6 Å². The highest BCUT2D eigenvalue weighted by Gasteiger charge is 2.10. The molecule has 3 N–H and O–H groups in total. The van der Waals surface area contributed by atoms with Crippen LogP contribution < -0.4 is 10.6 Å². The Kier molecular flexibility index (Phi) is 3.85. The highest BCUT2D eigenvalue weighted by Crippen LogP contribution is 2.28. The quantitative estimate of drug-likeness (QED) is 0.648. The van der Waals surface area contributed by atoms with Gasteiger partial charge in [0.25, 0.3) is 0 Å². The molecule has 98 valence electrons. The molecule has 0 saturated heterocycles. The number of anilines is 2. The highest BCUT2D eigenvalue weighted by molar-refractivity contribution is 5.95. The smallest absolute Gasteiger partial charge is 0.122 e. The summed E-state index contributed by atoms with van der Waals surface area (Å²) in [5, 5.41) is 7.48.